The molecule has 2 rings (SSSR count). The van der Waals surface area contributed by atoms with Crippen LogP contribution in [0.4, 0.5) is 0 Å². The average Bonchev–Trinajstić information content (AvgIpc) is 2.68. The highest BCUT2D eigenvalue weighted by atomic mass is 127. The Hall–Kier alpha value is -1.35. The van der Waals surface area contributed by atoms with Crippen LogP contribution in [0.5, 0.6) is 0 Å². The van der Waals surface area contributed by atoms with E-state index in [1.807, 2.05) is 20.8 Å². The summed E-state index contributed by atoms with van der Waals surface area (Å²) < 4.78 is 10.8. The van der Waals surface area contributed by atoms with Gasteiger partial charge in [-0.05, 0) is 44.7 Å². The van der Waals surface area contributed by atoms with Crippen molar-refractivity contribution in [3.05, 3.63) is 35.4 Å². The van der Waals surface area contributed by atoms with Crippen molar-refractivity contribution in [3.63, 3.8) is 0 Å². The minimum Gasteiger partial charge on any atom is -0.466 e. The lowest BCUT2D eigenvalue weighted by Gasteiger charge is -2.34. The number of aliphatic imine (C=N–C) groups is 1. The SMILES string of the molecule is CCOC(=O)[C@H]1CCCN(C(=NC)NCc2ccc(COC(C)C)cc2)C1.I. The molecule has 0 radical (unpaired) electrons. The first-order valence-electron chi connectivity index (χ1n) is 9.85. The number of nitrogens with one attached hydrogen (secondary N) is 1. The monoisotopic (exact) mass is 503 g/mol. The Balaban J connectivity index is 0.00000392. The predicted molar refractivity (Wildman–Crippen MR) is 123 cm³/mol. The van der Waals surface area contributed by atoms with Gasteiger partial charge < -0.3 is 19.7 Å². The van der Waals surface area contributed by atoms with Crippen molar-refractivity contribution in [2.24, 2.45) is 10.9 Å². The Labute approximate surface area is 186 Å². The summed E-state index contributed by atoms with van der Waals surface area (Å²) in [6.45, 7) is 9.24. The van der Waals surface area contributed by atoms with Crippen molar-refractivity contribution in [1.29, 1.82) is 0 Å². The molecule has 0 amide bonds. The molecule has 0 aromatic heterocycles. The van der Waals surface area contributed by atoms with Gasteiger partial charge in [0.05, 0.1) is 25.2 Å². The van der Waals surface area contributed by atoms with Crippen LogP contribution in [0.1, 0.15) is 44.7 Å². The van der Waals surface area contributed by atoms with E-state index >= 15 is 0 Å². The number of carbonyl (C=O) groups is 1. The highest BCUT2D eigenvalue weighted by Crippen LogP contribution is 2.18. The molecule has 1 aliphatic heterocycles. The van der Waals surface area contributed by atoms with E-state index in [4.69, 9.17) is 9.47 Å². The summed E-state index contributed by atoms with van der Waals surface area (Å²) in [5.74, 6) is 0.658. The summed E-state index contributed by atoms with van der Waals surface area (Å²) in [6.07, 6.45) is 2.08. The number of likely N-dealkylation sites (tertiary alicyclic amines) is 1. The van der Waals surface area contributed by atoms with Crippen LogP contribution in [0.15, 0.2) is 29.3 Å². The quantitative estimate of drug-likeness (QED) is 0.267. The van der Waals surface area contributed by atoms with Gasteiger partial charge in [-0.1, -0.05) is 24.3 Å². The lowest BCUT2D eigenvalue weighted by atomic mass is 9.98. The largest absolute Gasteiger partial charge is 0.466 e. The second kappa shape index (κ2) is 13.0. The Morgan fingerprint density at radius 2 is 1.96 bits per heavy atom. The highest BCUT2D eigenvalue weighted by Gasteiger charge is 2.28. The molecule has 158 valence electrons. The van der Waals surface area contributed by atoms with E-state index in [9.17, 15) is 4.79 Å². The third kappa shape index (κ3) is 7.95. The normalized spacial score (nSPS) is 17.2. The number of benzene rings is 1. The van der Waals surface area contributed by atoms with Crippen LogP contribution in [-0.2, 0) is 27.4 Å². The molecule has 0 unspecified atom stereocenters. The number of esters is 1. The fourth-order valence-corrected chi connectivity index (χ4v) is 3.15. The second-order valence-corrected chi connectivity index (χ2v) is 7.11. The number of piperidine rings is 1. The van der Waals surface area contributed by atoms with Crippen LogP contribution in [0.2, 0.25) is 0 Å². The van der Waals surface area contributed by atoms with Gasteiger partial charge in [0.25, 0.3) is 0 Å². The number of nitrogens with zero attached hydrogens (tertiary/aromatic N) is 2. The third-order valence-electron chi connectivity index (χ3n) is 4.61. The molecule has 6 nitrogen and oxygen atoms in total. The van der Waals surface area contributed by atoms with Gasteiger partial charge in [-0.2, -0.15) is 0 Å². The summed E-state index contributed by atoms with van der Waals surface area (Å²) in [7, 11) is 1.78. The van der Waals surface area contributed by atoms with Crippen molar-refractivity contribution in [3.8, 4) is 0 Å². The Kier molecular flexibility index (Phi) is 11.4. The summed E-state index contributed by atoms with van der Waals surface area (Å²) in [6, 6.07) is 8.41. The van der Waals surface area contributed by atoms with Gasteiger partial charge in [0.2, 0.25) is 0 Å². The van der Waals surface area contributed by atoms with Gasteiger partial charge in [-0.15, -0.1) is 24.0 Å². The summed E-state index contributed by atoms with van der Waals surface area (Å²) >= 11 is 0. The Morgan fingerprint density at radius 3 is 2.57 bits per heavy atom. The molecule has 1 aromatic rings. The molecule has 1 aliphatic rings. The molecule has 28 heavy (non-hydrogen) atoms. The van der Waals surface area contributed by atoms with E-state index in [2.05, 4.69) is 39.5 Å². The minimum atomic E-state index is -0.100. The molecule has 0 spiro atoms. The van der Waals surface area contributed by atoms with E-state index < -0.39 is 0 Å². The maximum Gasteiger partial charge on any atom is 0.310 e. The first kappa shape index (κ1) is 24.7. The lowest BCUT2D eigenvalue weighted by molar-refractivity contribution is -0.149. The molecular weight excluding hydrogens is 469 g/mol. The van der Waals surface area contributed by atoms with Gasteiger partial charge in [-0.3, -0.25) is 9.79 Å². The maximum absolute atomic E-state index is 12.0. The second-order valence-electron chi connectivity index (χ2n) is 7.11. The highest BCUT2D eigenvalue weighted by molar-refractivity contribution is 14.0. The molecule has 0 bridgehead atoms. The molecule has 1 N–H and O–H groups in total. The fourth-order valence-electron chi connectivity index (χ4n) is 3.15. The number of carbonyl (C=O) groups excluding carboxylic acids is 1. The molecule has 7 heteroatoms. The third-order valence-corrected chi connectivity index (χ3v) is 4.61. The standard InChI is InChI=1S/C21H33N3O3.HI/c1-5-26-20(25)19-7-6-12-24(14-19)21(22-4)23-13-17-8-10-18(11-9-17)15-27-16(2)3;/h8-11,16,19H,5-7,12-15H2,1-4H3,(H,22,23);1H/t19-;/m0./s1. The zero-order valence-electron chi connectivity index (χ0n) is 17.4. The van der Waals surface area contributed by atoms with Crippen molar-refractivity contribution < 1.29 is 14.3 Å². The molecule has 1 aromatic carbocycles. The smallest absolute Gasteiger partial charge is 0.310 e. The van der Waals surface area contributed by atoms with Crippen molar-refractivity contribution in [2.45, 2.75) is 52.9 Å². The number of ether oxygens (including phenoxy) is 2. The van der Waals surface area contributed by atoms with Crippen molar-refractivity contribution in [1.82, 2.24) is 10.2 Å². The number of hydrogen-bond donors (Lipinski definition) is 1. The van der Waals surface area contributed by atoms with Crippen LogP contribution in [0.3, 0.4) is 0 Å². The number of hydrogen-bond acceptors (Lipinski definition) is 4. The number of guanidine groups is 1. The fraction of sp³-hybridized carbons (Fsp3) is 0.619. The van der Waals surface area contributed by atoms with Crippen LogP contribution in [-0.4, -0.2) is 49.7 Å². The van der Waals surface area contributed by atoms with Crippen molar-refractivity contribution >= 4 is 35.9 Å². The van der Waals surface area contributed by atoms with E-state index in [0.717, 1.165) is 25.3 Å². The van der Waals surface area contributed by atoms with Gasteiger partial charge >= 0.3 is 5.97 Å². The zero-order valence-corrected chi connectivity index (χ0v) is 19.8. The van der Waals surface area contributed by atoms with Gasteiger partial charge in [0.1, 0.15) is 0 Å². The van der Waals surface area contributed by atoms with E-state index in [1.165, 1.54) is 11.1 Å². The summed E-state index contributed by atoms with van der Waals surface area (Å²) in [5.41, 5.74) is 2.36. The van der Waals surface area contributed by atoms with Gasteiger partial charge in [0.15, 0.2) is 5.96 Å². The van der Waals surface area contributed by atoms with Gasteiger partial charge in [-0.25, -0.2) is 0 Å². The maximum atomic E-state index is 12.0. The molecule has 1 atom stereocenters. The zero-order chi connectivity index (χ0) is 19.6. The van der Waals surface area contributed by atoms with Crippen LogP contribution in [0, 0.1) is 5.92 Å². The molecule has 1 saturated heterocycles. The topological polar surface area (TPSA) is 63.2 Å². The van der Waals surface area contributed by atoms with Crippen LogP contribution in [0.25, 0.3) is 0 Å². The average molecular weight is 503 g/mol. The van der Waals surface area contributed by atoms with Gasteiger partial charge in [0, 0.05) is 26.7 Å². The number of rotatable bonds is 7. The minimum absolute atomic E-state index is 0. The molecule has 0 saturated carbocycles. The summed E-state index contributed by atoms with van der Waals surface area (Å²) in [5, 5.41) is 3.41. The summed E-state index contributed by atoms with van der Waals surface area (Å²) in [4.78, 5) is 18.6. The van der Waals surface area contributed by atoms with Crippen LogP contribution >= 0.6 is 24.0 Å². The van der Waals surface area contributed by atoms with Crippen molar-refractivity contribution in [2.75, 3.05) is 26.7 Å². The predicted octanol–water partition coefficient (Wildman–Crippen LogP) is 3.58. The van der Waals surface area contributed by atoms with E-state index in [0.29, 0.717) is 26.3 Å². The Bertz CT molecular complexity index is 620. The lowest BCUT2D eigenvalue weighted by Crippen LogP contribution is -2.48. The van der Waals surface area contributed by atoms with Crippen LogP contribution < -0.4 is 5.32 Å². The van der Waals surface area contributed by atoms with E-state index in [-0.39, 0.29) is 42.0 Å². The Morgan fingerprint density at radius 1 is 1.29 bits per heavy atom. The molecule has 1 fully saturated rings. The first-order valence-corrected chi connectivity index (χ1v) is 9.85. The first-order chi connectivity index (χ1) is 13.0. The molecule has 0 aliphatic carbocycles. The van der Waals surface area contributed by atoms with E-state index in [1.54, 1.807) is 7.05 Å². The number of halogens is 1. The molecule has 1 heterocycles. The molecular formula is C21H34IN3O3.